The first-order valence-electron chi connectivity index (χ1n) is 12.1. The van der Waals surface area contributed by atoms with Gasteiger partial charge in [-0.25, -0.2) is 0 Å². The van der Waals surface area contributed by atoms with Gasteiger partial charge in [-0.05, 0) is 66.8 Å². The fraction of sp³-hybridized carbons (Fsp3) is 0.310. The summed E-state index contributed by atoms with van der Waals surface area (Å²) >= 11 is 0. The highest BCUT2D eigenvalue weighted by Crippen LogP contribution is 2.43. The number of hydrogen-bond donors (Lipinski definition) is 0. The molecule has 2 unspecified atom stereocenters. The van der Waals surface area contributed by atoms with Gasteiger partial charge >= 0.3 is 15.6 Å². The largest absolute Gasteiger partial charge is 0.534 e. The van der Waals surface area contributed by atoms with Gasteiger partial charge in [-0.1, -0.05) is 79.2 Å². The number of benzene rings is 3. The van der Waals surface area contributed by atoms with E-state index in [1.54, 1.807) is 0 Å². The molecule has 0 saturated heterocycles. The molecule has 0 aliphatic heterocycles. The van der Waals surface area contributed by atoms with Crippen molar-refractivity contribution in [2.75, 3.05) is 7.05 Å². The quantitative estimate of drug-likeness (QED) is 0.234. The Labute approximate surface area is 216 Å². The second kappa shape index (κ2) is 10.3. The van der Waals surface area contributed by atoms with Crippen LogP contribution in [0, 0.1) is 5.92 Å². The van der Waals surface area contributed by atoms with Crippen LogP contribution in [0.2, 0.25) is 0 Å². The van der Waals surface area contributed by atoms with E-state index in [2.05, 4.69) is 11.8 Å². The summed E-state index contributed by atoms with van der Waals surface area (Å²) in [6.45, 7) is 6.22. The predicted molar refractivity (Wildman–Crippen MR) is 141 cm³/mol. The molecule has 0 spiro atoms. The lowest BCUT2D eigenvalue weighted by atomic mass is 9.83. The van der Waals surface area contributed by atoms with E-state index in [0.29, 0.717) is 24.1 Å². The molecule has 3 aromatic rings. The molecule has 4 nitrogen and oxygen atoms in total. The minimum Gasteiger partial charge on any atom is -0.376 e. The second-order valence-corrected chi connectivity index (χ2v) is 11.2. The number of halogens is 3. The highest BCUT2D eigenvalue weighted by atomic mass is 32.2. The Morgan fingerprint density at radius 3 is 2.35 bits per heavy atom. The van der Waals surface area contributed by atoms with Gasteiger partial charge in [-0.3, -0.25) is 4.90 Å². The minimum absolute atomic E-state index is 0.0684. The van der Waals surface area contributed by atoms with Crippen LogP contribution in [0.25, 0.3) is 16.3 Å². The van der Waals surface area contributed by atoms with Crippen LogP contribution in [-0.4, -0.2) is 25.9 Å². The fourth-order valence-electron chi connectivity index (χ4n) is 4.90. The summed E-state index contributed by atoms with van der Waals surface area (Å²) in [7, 11) is -3.85. The van der Waals surface area contributed by atoms with Crippen LogP contribution in [0.15, 0.2) is 84.1 Å². The van der Waals surface area contributed by atoms with Gasteiger partial charge in [0, 0.05) is 18.2 Å². The van der Waals surface area contributed by atoms with E-state index in [1.165, 1.54) is 6.08 Å². The molecule has 37 heavy (non-hydrogen) atoms. The molecule has 4 rings (SSSR count). The van der Waals surface area contributed by atoms with Gasteiger partial charge in [0.2, 0.25) is 0 Å². The lowest BCUT2D eigenvalue weighted by molar-refractivity contribution is -0.0519. The highest BCUT2D eigenvalue weighted by molar-refractivity contribution is 7.87. The Morgan fingerprint density at radius 2 is 1.68 bits per heavy atom. The Balaban J connectivity index is 1.85. The normalized spacial score (nSPS) is 17.7. The van der Waals surface area contributed by atoms with E-state index in [1.807, 2.05) is 87.6 Å². The van der Waals surface area contributed by atoms with Crippen molar-refractivity contribution in [2.45, 2.75) is 45.3 Å². The monoisotopic (exact) mass is 529 g/mol. The van der Waals surface area contributed by atoms with Gasteiger partial charge in [0.1, 0.15) is 5.76 Å². The smallest absolute Gasteiger partial charge is 0.376 e. The first-order valence-corrected chi connectivity index (χ1v) is 13.5. The maximum atomic E-state index is 13.3. The highest BCUT2D eigenvalue weighted by Gasteiger charge is 2.49. The molecular formula is C29H30F3NO3S. The molecule has 0 fully saturated rings. The summed E-state index contributed by atoms with van der Waals surface area (Å²) in [5.41, 5.74) is -1.66. The maximum Gasteiger partial charge on any atom is 0.534 e. The van der Waals surface area contributed by atoms with Gasteiger partial charge in [-0.2, -0.15) is 21.6 Å². The molecule has 1 aliphatic rings. The summed E-state index contributed by atoms with van der Waals surface area (Å²) < 4.78 is 68.9. The predicted octanol–water partition coefficient (Wildman–Crippen LogP) is 7.60. The fourth-order valence-corrected chi connectivity index (χ4v) is 5.37. The van der Waals surface area contributed by atoms with Crippen molar-refractivity contribution in [3.05, 3.63) is 101 Å². The first-order chi connectivity index (χ1) is 17.4. The van der Waals surface area contributed by atoms with Crippen LogP contribution in [0.5, 0.6) is 0 Å². The average Bonchev–Trinajstić information content (AvgIpc) is 2.83. The van der Waals surface area contributed by atoms with E-state index in [-0.39, 0.29) is 17.7 Å². The van der Waals surface area contributed by atoms with E-state index in [9.17, 15) is 21.6 Å². The van der Waals surface area contributed by atoms with Crippen molar-refractivity contribution >= 4 is 26.5 Å². The van der Waals surface area contributed by atoms with Gasteiger partial charge in [-0.15, -0.1) is 0 Å². The third-order valence-corrected chi connectivity index (χ3v) is 7.81. The summed E-state index contributed by atoms with van der Waals surface area (Å²) in [5, 5.41) is 1.72. The summed E-state index contributed by atoms with van der Waals surface area (Å²) in [6, 6.07) is 21.6. The number of allylic oxidation sites excluding steroid dienone is 3. The topological polar surface area (TPSA) is 46.6 Å². The summed E-state index contributed by atoms with van der Waals surface area (Å²) in [4.78, 5) is 2.15. The zero-order valence-electron chi connectivity index (χ0n) is 21.2. The zero-order valence-corrected chi connectivity index (χ0v) is 22.0. The molecule has 0 aromatic heterocycles. The van der Waals surface area contributed by atoms with Crippen molar-refractivity contribution in [2.24, 2.45) is 5.92 Å². The second-order valence-electron chi connectivity index (χ2n) is 9.67. The molecule has 0 amide bonds. The SMILES string of the molecule is CC1=C(c2c(CN(C)C(C)c3ccccc3)ccc3ccccc23)C(OS(=O)(=O)C(F)(F)F)=CC(C)C1. The van der Waals surface area contributed by atoms with Crippen molar-refractivity contribution in [1.82, 2.24) is 4.90 Å². The van der Waals surface area contributed by atoms with Crippen LogP contribution in [0.4, 0.5) is 13.2 Å². The van der Waals surface area contributed by atoms with Gasteiger partial charge in [0.05, 0.1) is 0 Å². The first kappa shape index (κ1) is 26.9. The molecule has 0 N–H and O–H groups in total. The Morgan fingerprint density at radius 1 is 1.03 bits per heavy atom. The lowest BCUT2D eigenvalue weighted by Gasteiger charge is -2.29. The molecule has 3 aromatic carbocycles. The molecule has 196 valence electrons. The number of nitrogens with zero attached hydrogens (tertiary/aromatic N) is 1. The zero-order chi connectivity index (χ0) is 27.0. The minimum atomic E-state index is -5.84. The van der Waals surface area contributed by atoms with E-state index < -0.39 is 15.6 Å². The van der Waals surface area contributed by atoms with Crippen molar-refractivity contribution in [3.63, 3.8) is 0 Å². The average molecular weight is 530 g/mol. The standard InChI is InChI=1S/C29H30F3NO3S/c1-19-16-20(2)27(26(17-19)36-37(34,35)29(30,31)32)28-24(15-14-23-12-8-9-13-25(23)28)18-33(4)21(3)22-10-6-5-7-11-22/h5-15,17,19,21H,16,18H2,1-4H3. The van der Waals surface area contributed by atoms with E-state index in [0.717, 1.165) is 27.5 Å². The Bertz CT molecular complexity index is 1460. The van der Waals surface area contributed by atoms with Crippen LogP contribution in [0.1, 0.15) is 49.9 Å². The Hall–Kier alpha value is -3.10. The third-order valence-electron chi connectivity index (χ3n) is 6.85. The van der Waals surface area contributed by atoms with Crippen molar-refractivity contribution in [1.29, 1.82) is 0 Å². The maximum absolute atomic E-state index is 13.3. The molecule has 0 bridgehead atoms. The van der Waals surface area contributed by atoms with Crippen LogP contribution in [0.3, 0.4) is 0 Å². The lowest BCUT2D eigenvalue weighted by Crippen LogP contribution is -2.27. The molecule has 0 saturated carbocycles. The number of hydrogen-bond acceptors (Lipinski definition) is 4. The van der Waals surface area contributed by atoms with Crippen molar-refractivity contribution in [3.8, 4) is 0 Å². The number of rotatable bonds is 7. The molecule has 0 heterocycles. The van der Waals surface area contributed by atoms with Crippen molar-refractivity contribution < 1.29 is 25.8 Å². The summed E-state index contributed by atoms with van der Waals surface area (Å²) in [6.07, 6.45) is 2.06. The van der Waals surface area contributed by atoms with Crippen LogP contribution < -0.4 is 0 Å². The number of fused-ring (bicyclic) bond motifs is 1. The van der Waals surface area contributed by atoms with Gasteiger partial charge < -0.3 is 4.18 Å². The van der Waals surface area contributed by atoms with E-state index in [4.69, 9.17) is 4.18 Å². The molecule has 0 radical (unpaired) electrons. The third kappa shape index (κ3) is 5.60. The molecular weight excluding hydrogens is 499 g/mol. The van der Waals surface area contributed by atoms with Crippen LogP contribution >= 0.6 is 0 Å². The van der Waals surface area contributed by atoms with Crippen LogP contribution in [-0.2, 0) is 20.8 Å². The number of alkyl halides is 3. The molecule has 2 atom stereocenters. The van der Waals surface area contributed by atoms with Gasteiger partial charge in [0.25, 0.3) is 0 Å². The molecule has 8 heteroatoms. The molecule has 1 aliphatic carbocycles. The Kier molecular flexibility index (Phi) is 7.53. The van der Waals surface area contributed by atoms with E-state index >= 15 is 0 Å². The van der Waals surface area contributed by atoms with Gasteiger partial charge in [0.15, 0.2) is 0 Å². The summed E-state index contributed by atoms with van der Waals surface area (Å²) in [5.74, 6) is -0.452.